The van der Waals surface area contributed by atoms with Gasteiger partial charge in [-0.05, 0) is 36.3 Å². The van der Waals surface area contributed by atoms with Crippen molar-refractivity contribution in [1.29, 1.82) is 0 Å². The number of benzene rings is 1. The number of aliphatic hydroxyl groups is 1. The van der Waals surface area contributed by atoms with Crippen LogP contribution >= 0.6 is 0 Å². The molecular formula is C15H19NO. The fourth-order valence-corrected chi connectivity index (χ4v) is 3.57. The molecule has 1 aliphatic heterocycles. The van der Waals surface area contributed by atoms with Crippen LogP contribution in [0.15, 0.2) is 24.3 Å². The summed E-state index contributed by atoms with van der Waals surface area (Å²) in [4.78, 5) is 2.43. The van der Waals surface area contributed by atoms with Gasteiger partial charge in [-0.15, -0.1) is 0 Å². The van der Waals surface area contributed by atoms with Crippen LogP contribution in [0, 0.1) is 5.92 Å². The molecule has 3 aliphatic rings. The zero-order valence-electron chi connectivity index (χ0n) is 10.1. The van der Waals surface area contributed by atoms with Crippen molar-refractivity contribution >= 4 is 0 Å². The molecule has 1 N–H and O–H groups in total. The first-order chi connectivity index (χ1) is 8.24. The normalized spacial score (nSPS) is 30.3. The predicted molar refractivity (Wildman–Crippen MR) is 67.0 cm³/mol. The quantitative estimate of drug-likeness (QED) is 0.854. The third kappa shape index (κ3) is 1.54. The van der Waals surface area contributed by atoms with E-state index in [0.717, 1.165) is 25.6 Å². The smallest absolute Gasteiger partial charge is 0.0928 e. The summed E-state index contributed by atoms with van der Waals surface area (Å²) in [6.07, 6.45) is 3.72. The summed E-state index contributed by atoms with van der Waals surface area (Å²) in [7, 11) is 0. The highest BCUT2D eigenvalue weighted by molar-refractivity contribution is 5.40. The van der Waals surface area contributed by atoms with E-state index in [4.69, 9.17) is 0 Å². The Kier molecular flexibility index (Phi) is 1.98. The van der Waals surface area contributed by atoms with Crippen LogP contribution in [-0.2, 0) is 6.42 Å². The molecule has 0 bridgehead atoms. The first-order valence-corrected chi connectivity index (χ1v) is 6.77. The Labute approximate surface area is 102 Å². The fourth-order valence-electron chi connectivity index (χ4n) is 3.57. The van der Waals surface area contributed by atoms with Crippen LogP contribution in [0.3, 0.4) is 0 Å². The third-order valence-electron chi connectivity index (χ3n) is 4.77. The number of hydrogen-bond donors (Lipinski definition) is 1. The summed E-state index contributed by atoms with van der Waals surface area (Å²) in [5.74, 6) is 1.34. The topological polar surface area (TPSA) is 23.5 Å². The van der Waals surface area contributed by atoms with Gasteiger partial charge in [-0.3, -0.25) is 4.90 Å². The molecule has 2 nitrogen and oxygen atoms in total. The standard InChI is InChI=1S/C15H19NO/c17-15(13-5-6-13)9-16(10-15)8-12-7-11-3-1-2-4-14(11)12/h1-4,12-13,17H,5-10H2. The number of fused-ring (bicyclic) bond motifs is 1. The van der Waals surface area contributed by atoms with Crippen molar-refractivity contribution < 1.29 is 5.11 Å². The Morgan fingerprint density at radius 2 is 2.00 bits per heavy atom. The third-order valence-corrected chi connectivity index (χ3v) is 4.77. The summed E-state index contributed by atoms with van der Waals surface area (Å²) >= 11 is 0. The average Bonchev–Trinajstić information content (AvgIpc) is 3.06. The molecular weight excluding hydrogens is 210 g/mol. The highest BCUT2D eigenvalue weighted by Crippen LogP contribution is 2.45. The first kappa shape index (κ1) is 10.1. The molecule has 2 aliphatic carbocycles. The molecule has 17 heavy (non-hydrogen) atoms. The van der Waals surface area contributed by atoms with Gasteiger partial charge in [-0.1, -0.05) is 24.3 Å². The molecule has 4 rings (SSSR count). The van der Waals surface area contributed by atoms with Gasteiger partial charge in [0.1, 0.15) is 0 Å². The molecule has 0 aromatic heterocycles. The van der Waals surface area contributed by atoms with E-state index in [9.17, 15) is 5.11 Å². The van der Waals surface area contributed by atoms with Crippen molar-refractivity contribution in [2.75, 3.05) is 19.6 Å². The average molecular weight is 229 g/mol. The lowest BCUT2D eigenvalue weighted by Gasteiger charge is -2.49. The van der Waals surface area contributed by atoms with Crippen LogP contribution < -0.4 is 0 Å². The summed E-state index contributed by atoms with van der Waals surface area (Å²) in [5.41, 5.74) is 2.74. The van der Waals surface area contributed by atoms with Gasteiger partial charge in [0.25, 0.3) is 0 Å². The number of likely N-dealkylation sites (tertiary alicyclic amines) is 1. The highest BCUT2D eigenvalue weighted by atomic mass is 16.3. The number of hydrogen-bond acceptors (Lipinski definition) is 2. The fraction of sp³-hybridized carbons (Fsp3) is 0.600. The Hall–Kier alpha value is -0.860. The summed E-state index contributed by atoms with van der Waals surface area (Å²) in [5, 5.41) is 10.3. The van der Waals surface area contributed by atoms with Crippen molar-refractivity contribution in [3.8, 4) is 0 Å². The van der Waals surface area contributed by atoms with Crippen molar-refractivity contribution in [3.05, 3.63) is 35.4 Å². The van der Waals surface area contributed by atoms with Gasteiger partial charge in [0.05, 0.1) is 5.60 Å². The lowest BCUT2D eigenvalue weighted by Crippen LogP contribution is -2.63. The SMILES string of the molecule is OC1(C2CC2)CN(CC2Cc3ccccc32)C1. The molecule has 1 atom stereocenters. The van der Waals surface area contributed by atoms with E-state index in [1.165, 1.54) is 30.4 Å². The zero-order valence-corrected chi connectivity index (χ0v) is 10.1. The molecule has 1 unspecified atom stereocenters. The summed E-state index contributed by atoms with van der Waals surface area (Å²) in [6, 6.07) is 8.77. The van der Waals surface area contributed by atoms with Gasteiger partial charge in [0.15, 0.2) is 0 Å². The van der Waals surface area contributed by atoms with Gasteiger partial charge in [-0.2, -0.15) is 0 Å². The van der Waals surface area contributed by atoms with Crippen LogP contribution in [0.25, 0.3) is 0 Å². The predicted octanol–water partition coefficient (Wildman–Crippen LogP) is 1.78. The van der Waals surface area contributed by atoms with Crippen molar-refractivity contribution in [2.24, 2.45) is 5.92 Å². The van der Waals surface area contributed by atoms with E-state index < -0.39 is 0 Å². The molecule has 1 saturated heterocycles. The highest BCUT2D eigenvalue weighted by Gasteiger charge is 2.52. The van der Waals surface area contributed by atoms with Crippen molar-refractivity contribution in [2.45, 2.75) is 30.8 Å². The molecule has 2 fully saturated rings. The van der Waals surface area contributed by atoms with E-state index in [2.05, 4.69) is 29.2 Å². The maximum Gasteiger partial charge on any atom is 0.0928 e. The number of nitrogens with zero attached hydrogens (tertiary/aromatic N) is 1. The van der Waals surface area contributed by atoms with Crippen LogP contribution in [0.4, 0.5) is 0 Å². The molecule has 0 radical (unpaired) electrons. The van der Waals surface area contributed by atoms with Crippen molar-refractivity contribution in [1.82, 2.24) is 4.90 Å². The second-order valence-electron chi connectivity index (χ2n) is 6.15. The van der Waals surface area contributed by atoms with E-state index in [1.54, 1.807) is 0 Å². The van der Waals surface area contributed by atoms with Crippen LogP contribution in [0.1, 0.15) is 29.9 Å². The molecule has 90 valence electrons. The Balaban J connectivity index is 1.36. The number of rotatable bonds is 3. The summed E-state index contributed by atoms with van der Waals surface area (Å²) in [6.45, 7) is 2.97. The minimum Gasteiger partial charge on any atom is -0.387 e. The molecule has 1 saturated carbocycles. The lowest BCUT2D eigenvalue weighted by atomic mass is 9.76. The van der Waals surface area contributed by atoms with E-state index in [0.29, 0.717) is 5.92 Å². The Morgan fingerprint density at radius 3 is 2.71 bits per heavy atom. The lowest BCUT2D eigenvalue weighted by molar-refractivity contribution is -0.115. The molecule has 1 aromatic rings. The molecule has 0 spiro atoms. The Morgan fingerprint density at radius 1 is 1.24 bits per heavy atom. The minimum absolute atomic E-state index is 0.316. The first-order valence-electron chi connectivity index (χ1n) is 6.77. The largest absolute Gasteiger partial charge is 0.387 e. The van der Waals surface area contributed by atoms with E-state index in [1.807, 2.05) is 0 Å². The second-order valence-corrected chi connectivity index (χ2v) is 6.15. The van der Waals surface area contributed by atoms with E-state index >= 15 is 0 Å². The van der Waals surface area contributed by atoms with Gasteiger partial charge < -0.3 is 5.11 Å². The van der Waals surface area contributed by atoms with Gasteiger partial charge in [0.2, 0.25) is 0 Å². The molecule has 0 amide bonds. The summed E-state index contributed by atoms with van der Waals surface area (Å²) < 4.78 is 0. The molecule has 2 heteroatoms. The molecule has 1 heterocycles. The van der Waals surface area contributed by atoms with Gasteiger partial charge in [0, 0.05) is 25.6 Å². The van der Waals surface area contributed by atoms with Crippen LogP contribution in [0.2, 0.25) is 0 Å². The minimum atomic E-state index is -0.316. The maximum absolute atomic E-state index is 10.3. The zero-order chi connectivity index (χ0) is 11.5. The number of β-amino-alcohol motifs (C(OH)–C–C–N with tert-alkyl or cyclic N) is 1. The second kappa shape index (κ2) is 3.33. The molecule has 1 aromatic carbocycles. The maximum atomic E-state index is 10.3. The monoisotopic (exact) mass is 229 g/mol. The van der Waals surface area contributed by atoms with E-state index in [-0.39, 0.29) is 5.60 Å². The van der Waals surface area contributed by atoms with Crippen LogP contribution in [-0.4, -0.2) is 35.2 Å². The van der Waals surface area contributed by atoms with Gasteiger partial charge >= 0.3 is 0 Å². The van der Waals surface area contributed by atoms with Gasteiger partial charge in [-0.25, -0.2) is 0 Å². The van der Waals surface area contributed by atoms with Crippen molar-refractivity contribution in [3.63, 3.8) is 0 Å². The van der Waals surface area contributed by atoms with Crippen LogP contribution in [0.5, 0.6) is 0 Å². The Bertz CT molecular complexity index is 446.